The number of nitrogens with one attached hydrogen (secondary N) is 3. The number of carbonyl (C=O) groups excluding carboxylic acids is 2. The van der Waals surface area contributed by atoms with Crippen molar-refractivity contribution in [3.8, 4) is 0 Å². The summed E-state index contributed by atoms with van der Waals surface area (Å²) in [6, 6.07) is 18.6. The number of amides is 2. The first kappa shape index (κ1) is 21.8. The fourth-order valence-corrected chi connectivity index (χ4v) is 3.30. The predicted octanol–water partition coefficient (Wildman–Crippen LogP) is 4.16. The van der Waals surface area contributed by atoms with Crippen molar-refractivity contribution in [1.82, 2.24) is 15.2 Å². The highest BCUT2D eigenvalue weighted by Crippen LogP contribution is 2.22. The van der Waals surface area contributed by atoms with Gasteiger partial charge in [-0.1, -0.05) is 12.1 Å². The lowest BCUT2D eigenvalue weighted by Gasteiger charge is -2.14. The third-order valence-electron chi connectivity index (χ3n) is 4.94. The van der Waals surface area contributed by atoms with E-state index in [1.807, 2.05) is 73.6 Å². The third-order valence-corrected chi connectivity index (χ3v) is 4.94. The molecule has 4 rings (SSSR count). The number of hydrogen-bond acceptors (Lipinski definition) is 5. The van der Waals surface area contributed by atoms with Gasteiger partial charge in [-0.3, -0.25) is 19.7 Å². The minimum atomic E-state index is -0.398. The fraction of sp³-hybridized carbons (Fsp3) is 0.120. The highest BCUT2D eigenvalue weighted by Gasteiger charge is 2.12. The molecule has 2 amide bonds. The molecule has 8 nitrogen and oxygen atoms in total. The van der Waals surface area contributed by atoms with Crippen molar-refractivity contribution in [2.75, 3.05) is 29.6 Å². The van der Waals surface area contributed by atoms with Crippen molar-refractivity contribution in [2.24, 2.45) is 0 Å². The molecule has 0 aliphatic carbocycles. The number of rotatable bonds is 7. The Morgan fingerprint density at radius 1 is 0.939 bits per heavy atom. The summed E-state index contributed by atoms with van der Waals surface area (Å²) < 4.78 is 0. The van der Waals surface area contributed by atoms with Crippen LogP contribution < -0.4 is 15.5 Å². The molecule has 0 unspecified atom stereocenters. The number of H-pyrrole nitrogens is 1. The van der Waals surface area contributed by atoms with Crippen LogP contribution in [0.3, 0.4) is 0 Å². The zero-order chi connectivity index (χ0) is 23.2. The number of aromatic nitrogens is 3. The monoisotopic (exact) mass is 440 g/mol. The molecule has 0 fully saturated rings. The maximum atomic E-state index is 12.4. The van der Waals surface area contributed by atoms with Crippen molar-refractivity contribution < 1.29 is 9.59 Å². The van der Waals surface area contributed by atoms with Crippen LogP contribution in [0.2, 0.25) is 0 Å². The Morgan fingerprint density at radius 2 is 1.73 bits per heavy atom. The quantitative estimate of drug-likeness (QED) is 0.375. The van der Waals surface area contributed by atoms with Crippen LogP contribution in [-0.2, 0) is 9.59 Å². The van der Waals surface area contributed by atoms with Gasteiger partial charge < -0.3 is 15.5 Å². The second-order valence-corrected chi connectivity index (χ2v) is 7.68. The van der Waals surface area contributed by atoms with Gasteiger partial charge in [0.2, 0.25) is 11.8 Å². The summed E-state index contributed by atoms with van der Waals surface area (Å²) in [5.74, 6) is -0.779. The summed E-state index contributed by atoms with van der Waals surface area (Å²) in [6.45, 7) is 0. The lowest BCUT2D eigenvalue weighted by molar-refractivity contribution is -0.123. The molecular weight excluding hydrogens is 416 g/mol. The summed E-state index contributed by atoms with van der Waals surface area (Å²) in [7, 11) is 3.84. The van der Waals surface area contributed by atoms with Crippen LogP contribution in [-0.4, -0.2) is 41.1 Å². The largest absolute Gasteiger partial charge is 0.378 e. The van der Waals surface area contributed by atoms with E-state index < -0.39 is 5.91 Å². The molecule has 0 radical (unpaired) electrons. The summed E-state index contributed by atoms with van der Waals surface area (Å²) in [5.41, 5.74) is 4.57. The number of carbonyl (C=O) groups is 2. The molecule has 33 heavy (non-hydrogen) atoms. The van der Waals surface area contributed by atoms with Gasteiger partial charge in [0.05, 0.1) is 16.9 Å². The SMILES string of the molecule is CN(C)c1cccc(NC(=O)CC(=O)Nc2ccc3c(/C=C/c4ccccn4)n[nH]c3c2)c1. The predicted molar refractivity (Wildman–Crippen MR) is 132 cm³/mol. The van der Waals surface area contributed by atoms with E-state index in [1.165, 1.54) is 0 Å². The Morgan fingerprint density at radius 3 is 2.45 bits per heavy atom. The average molecular weight is 441 g/mol. The van der Waals surface area contributed by atoms with Crippen LogP contribution in [0, 0.1) is 0 Å². The molecule has 2 heterocycles. The second kappa shape index (κ2) is 9.78. The van der Waals surface area contributed by atoms with E-state index in [-0.39, 0.29) is 12.3 Å². The maximum Gasteiger partial charge on any atom is 0.233 e. The van der Waals surface area contributed by atoms with Crippen LogP contribution >= 0.6 is 0 Å². The highest BCUT2D eigenvalue weighted by atomic mass is 16.2. The van der Waals surface area contributed by atoms with Crippen LogP contribution in [0.15, 0.2) is 66.9 Å². The van der Waals surface area contributed by atoms with Crippen LogP contribution in [0.25, 0.3) is 23.1 Å². The molecule has 2 aromatic carbocycles. The van der Waals surface area contributed by atoms with Crippen LogP contribution in [0.4, 0.5) is 17.1 Å². The van der Waals surface area contributed by atoms with Crippen molar-refractivity contribution in [3.05, 3.63) is 78.2 Å². The van der Waals surface area contributed by atoms with Crippen LogP contribution in [0.1, 0.15) is 17.8 Å². The molecule has 0 spiro atoms. The number of nitrogens with zero attached hydrogens (tertiary/aromatic N) is 3. The maximum absolute atomic E-state index is 12.4. The van der Waals surface area contributed by atoms with Gasteiger partial charge in [0.1, 0.15) is 6.42 Å². The normalized spacial score (nSPS) is 11.0. The van der Waals surface area contributed by atoms with E-state index in [0.717, 1.165) is 28.0 Å². The Labute approximate surface area is 191 Å². The van der Waals surface area contributed by atoms with E-state index in [2.05, 4.69) is 25.8 Å². The van der Waals surface area contributed by atoms with Gasteiger partial charge in [-0.05, 0) is 60.7 Å². The number of benzene rings is 2. The first-order valence-corrected chi connectivity index (χ1v) is 10.4. The van der Waals surface area contributed by atoms with Crippen molar-refractivity contribution in [3.63, 3.8) is 0 Å². The number of fused-ring (bicyclic) bond motifs is 1. The van der Waals surface area contributed by atoms with E-state index in [9.17, 15) is 9.59 Å². The summed E-state index contributed by atoms with van der Waals surface area (Å²) in [5, 5.41) is 13.7. The van der Waals surface area contributed by atoms with Crippen LogP contribution in [0.5, 0.6) is 0 Å². The molecule has 0 saturated carbocycles. The first-order valence-electron chi connectivity index (χ1n) is 10.4. The molecular formula is C25H24N6O2. The number of anilines is 3. The topological polar surface area (TPSA) is 103 Å². The van der Waals surface area contributed by atoms with Crippen molar-refractivity contribution in [1.29, 1.82) is 0 Å². The summed E-state index contributed by atoms with van der Waals surface area (Å²) in [6.07, 6.45) is 5.22. The zero-order valence-electron chi connectivity index (χ0n) is 18.4. The Hall–Kier alpha value is -4.46. The minimum Gasteiger partial charge on any atom is -0.378 e. The van der Waals surface area contributed by atoms with Gasteiger partial charge >= 0.3 is 0 Å². The van der Waals surface area contributed by atoms with Gasteiger partial charge in [0.15, 0.2) is 0 Å². The number of aromatic amines is 1. The molecule has 0 saturated heterocycles. The van der Waals surface area contributed by atoms with Gasteiger partial charge in [-0.15, -0.1) is 0 Å². The van der Waals surface area contributed by atoms with Gasteiger partial charge in [0.25, 0.3) is 0 Å². The molecule has 2 aromatic heterocycles. The molecule has 0 aliphatic heterocycles. The van der Waals surface area contributed by atoms with E-state index in [1.54, 1.807) is 24.4 Å². The van der Waals surface area contributed by atoms with Gasteiger partial charge in [0, 0.05) is 42.7 Å². The molecule has 3 N–H and O–H groups in total. The Bertz CT molecular complexity index is 1310. The lowest BCUT2D eigenvalue weighted by Crippen LogP contribution is -2.21. The standard InChI is InChI=1S/C25H24N6O2/c1-31(2)20-8-5-7-18(14-20)27-24(32)16-25(33)28-19-9-11-21-22(29-30-23(21)15-19)12-10-17-6-3-4-13-26-17/h3-15H,16H2,1-2H3,(H,27,32)(H,28,33)(H,29,30)/b12-10+. The third kappa shape index (κ3) is 5.62. The highest BCUT2D eigenvalue weighted by molar-refractivity contribution is 6.08. The lowest BCUT2D eigenvalue weighted by atomic mass is 10.1. The molecule has 166 valence electrons. The van der Waals surface area contributed by atoms with Gasteiger partial charge in [-0.25, -0.2) is 0 Å². The smallest absolute Gasteiger partial charge is 0.233 e. The van der Waals surface area contributed by atoms with E-state index in [0.29, 0.717) is 11.4 Å². The molecule has 4 aromatic rings. The second-order valence-electron chi connectivity index (χ2n) is 7.68. The zero-order valence-corrected chi connectivity index (χ0v) is 18.4. The van der Waals surface area contributed by atoms with E-state index in [4.69, 9.17) is 0 Å². The molecule has 0 atom stereocenters. The van der Waals surface area contributed by atoms with Gasteiger partial charge in [-0.2, -0.15) is 5.10 Å². The Balaban J connectivity index is 1.37. The van der Waals surface area contributed by atoms with Crippen molar-refractivity contribution in [2.45, 2.75) is 6.42 Å². The fourth-order valence-electron chi connectivity index (χ4n) is 3.30. The molecule has 0 aliphatic rings. The summed E-state index contributed by atoms with van der Waals surface area (Å²) in [4.78, 5) is 30.8. The number of hydrogen-bond donors (Lipinski definition) is 3. The minimum absolute atomic E-state index is 0.286. The molecule has 8 heteroatoms. The average Bonchev–Trinajstić information content (AvgIpc) is 3.20. The Kier molecular flexibility index (Phi) is 6.45. The molecule has 0 bridgehead atoms. The van der Waals surface area contributed by atoms with E-state index >= 15 is 0 Å². The number of pyridine rings is 1. The summed E-state index contributed by atoms with van der Waals surface area (Å²) >= 11 is 0. The van der Waals surface area contributed by atoms with Crippen molar-refractivity contribution >= 4 is 51.9 Å². The first-order chi connectivity index (χ1) is 16.0.